The zero-order valence-electron chi connectivity index (χ0n) is 27.7. The number of nitrogens with two attached hydrogens (primary N) is 1. The van der Waals surface area contributed by atoms with E-state index in [4.69, 9.17) is 10.8 Å². The number of primary amides is 1. The molecular weight excluding hydrogens is 560 g/mol. The van der Waals surface area contributed by atoms with Crippen LogP contribution in [0.25, 0.3) is 0 Å². The molecular formula is C36H69NO3Zn. The van der Waals surface area contributed by atoms with Crippen molar-refractivity contribution < 1.29 is 34.2 Å². The summed E-state index contributed by atoms with van der Waals surface area (Å²) in [4.78, 5) is 20.9. The third kappa shape index (κ3) is 49.1. The van der Waals surface area contributed by atoms with Crippen molar-refractivity contribution in [1.82, 2.24) is 0 Å². The van der Waals surface area contributed by atoms with Gasteiger partial charge in [-0.25, -0.2) is 0 Å². The van der Waals surface area contributed by atoms with Crippen LogP contribution in [-0.4, -0.2) is 17.0 Å². The van der Waals surface area contributed by atoms with Crippen molar-refractivity contribution in [3.8, 4) is 0 Å². The van der Waals surface area contributed by atoms with E-state index in [9.17, 15) is 9.59 Å². The van der Waals surface area contributed by atoms with Gasteiger partial charge in [-0.3, -0.25) is 9.59 Å². The Morgan fingerprint density at radius 3 is 1.02 bits per heavy atom. The first-order chi connectivity index (χ1) is 19.5. The summed E-state index contributed by atoms with van der Waals surface area (Å²) in [7, 11) is 0. The fourth-order valence-electron chi connectivity index (χ4n) is 4.72. The zero-order chi connectivity index (χ0) is 29.8. The second kappa shape index (κ2) is 41.2. The molecule has 0 aromatic heterocycles. The molecule has 0 aliphatic rings. The number of carbonyl (C=O) groups is 2. The van der Waals surface area contributed by atoms with E-state index in [-0.39, 0.29) is 25.4 Å². The molecule has 1 amide bonds. The number of rotatable bonds is 30. The SMILES string of the molecule is CCCCCCCC/C=C\CCCCCCCC(=O)O.CCCCCCCC/C=C\CCCCCCCC(N)=O.[Zn]. The molecule has 0 saturated heterocycles. The molecule has 0 unspecified atom stereocenters. The summed E-state index contributed by atoms with van der Waals surface area (Å²) < 4.78 is 0. The summed E-state index contributed by atoms with van der Waals surface area (Å²) in [5.41, 5.74) is 5.10. The number of amides is 1. The Morgan fingerprint density at radius 2 is 0.732 bits per heavy atom. The van der Waals surface area contributed by atoms with Crippen LogP contribution in [0.4, 0.5) is 0 Å². The number of carboxylic acids is 1. The van der Waals surface area contributed by atoms with E-state index in [1.807, 2.05) is 0 Å². The normalized spacial score (nSPS) is 11.0. The maximum absolute atomic E-state index is 10.5. The topological polar surface area (TPSA) is 80.4 Å². The molecule has 0 radical (unpaired) electrons. The predicted molar refractivity (Wildman–Crippen MR) is 176 cm³/mol. The summed E-state index contributed by atoms with van der Waals surface area (Å²) in [6.45, 7) is 4.52. The summed E-state index contributed by atoms with van der Waals surface area (Å²) in [5.74, 6) is -0.828. The summed E-state index contributed by atoms with van der Waals surface area (Å²) in [6, 6.07) is 0. The summed E-state index contributed by atoms with van der Waals surface area (Å²) in [6.07, 6.45) is 43.2. The van der Waals surface area contributed by atoms with Gasteiger partial charge in [0, 0.05) is 32.3 Å². The van der Waals surface area contributed by atoms with Crippen molar-refractivity contribution in [2.45, 2.75) is 194 Å². The monoisotopic (exact) mass is 627 g/mol. The molecule has 0 saturated carbocycles. The van der Waals surface area contributed by atoms with E-state index >= 15 is 0 Å². The summed E-state index contributed by atoms with van der Waals surface area (Å²) >= 11 is 0. The number of hydrogen-bond acceptors (Lipinski definition) is 2. The molecule has 0 aliphatic carbocycles. The van der Waals surface area contributed by atoms with Crippen molar-refractivity contribution in [1.29, 1.82) is 0 Å². The Bertz CT molecular complexity index is 527. The van der Waals surface area contributed by atoms with E-state index < -0.39 is 5.97 Å². The van der Waals surface area contributed by atoms with Crippen LogP contribution in [0.1, 0.15) is 194 Å². The minimum atomic E-state index is -0.664. The molecule has 41 heavy (non-hydrogen) atoms. The van der Waals surface area contributed by atoms with Crippen LogP contribution in [0.3, 0.4) is 0 Å². The Morgan fingerprint density at radius 1 is 0.463 bits per heavy atom. The van der Waals surface area contributed by atoms with Crippen molar-refractivity contribution in [3.05, 3.63) is 24.3 Å². The van der Waals surface area contributed by atoms with Crippen molar-refractivity contribution in [3.63, 3.8) is 0 Å². The maximum Gasteiger partial charge on any atom is 0.303 e. The fraction of sp³-hybridized carbons (Fsp3) is 0.833. The molecule has 0 aliphatic heterocycles. The van der Waals surface area contributed by atoms with Crippen LogP contribution >= 0.6 is 0 Å². The number of hydrogen-bond donors (Lipinski definition) is 2. The first-order valence-electron chi connectivity index (χ1n) is 17.3. The van der Waals surface area contributed by atoms with E-state index in [0.29, 0.717) is 12.8 Å². The molecule has 0 atom stereocenters. The molecule has 0 aromatic rings. The third-order valence-corrected chi connectivity index (χ3v) is 7.34. The van der Waals surface area contributed by atoms with Gasteiger partial charge in [0.25, 0.3) is 0 Å². The molecule has 5 heteroatoms. The number of allylic oxidation sites excluding steroid dienone is 4. The van der Waals surface area contributed by atoms with Crippen molar-refractivity contribution in [2.24, 2.45) is 5.73 Å². The standard InChI is InChI=1S/C18H35NO.C18H34O2.Zn/c2*1-2-3-4-5-6-7-8-9-10-11-12-13-14-15-16-17-18(19)20;/h9-10H,2-8,11-17H2,1H3,(H2,19,20);9-10H,2-8,11-17H2,1H3,(H,19,20);/b2*10-9-;. The van der Waals surface area contributed by atoms with Gasteiger partial charge in [0.1, 0.15) is 0 Å². The summed E-state index contributed by atoms with van der Waals surface area (Å²) in [5, 5.41) is 8.51. The van der Waals surface area contributed by atoms with E-state index in [1.165, 1.54) is 141 Å². The Balaban J connectivity index is -0.000000688. The molecule has 0 fully saturated rings. The number of unbranched alkanes of at least 4 members (excludes halogenated alkanes) is 22. The second-order valence-electron chi connectivity index (χ2n) is 11.5. The van der Waals surface area contributed by atoms with Gasteiger partial charge in [0.15, 0.2) is 0 Å². The molecule has 0 bridgehead atoms. The second-order valence-corrected chi connectivity index (χ2v) is 11.5. The van der Waals surface area contributed by atoms with Gasteiger partial charge in [-0.2, -0.15) is 0 Å². The van der Waals surface area contributed by atoms with E-state index in [0.717, 1.165) is 25.7 Å². The van der Waals surface area contributed by atoms with E-state index in [1.54, 1.807) is 0 Å². The third-order valence-electron chi connectivity index (χ3n) is 7.34. The van der Waals surface area contributed by atoms with Crippen LogP contribution in [0.2, 0.25) is 0 Å². The molecule has 4 nitrogen and oxygen atoms in total. The van der Waals surface area contributed by atoms with Gasteiger partial charge in [0.2, 0.25) is 5.91 Å². The van der Waals surface area contributed by atoms with Gasteiger partial charge in [-0.15, -0.1) is 0 Å². The van der Waals surface area contributed by atoms with Gasteiger partial charge in [-0.05, 0) is 64.2 Å². The quantitative estimate of drug-likeness (QED) is 0.0471. The van der Waals surface area contributed by atoms with Crippen molar-refractivity contribution in [2.75, 3.05) is 0 Å². The average Bonchev–Trinajstić information content (AvgIpc) is 2.93. The Labute approximate surface area is 268 Å². The Hall–Kier alpha value is -0.957. The number of aliphatic carboxylic acids is 1. The maximum atomic E-state index is 10.5. The van der Waals surface area contributed by atoms with Crippen LogP contribution < -0.4 is 5.73 Å². The van der Waals surface area contributed by atoms with Gasteiger partial charge >= 0.3 is 5.97 Å². The zero-order valence-corrected chi connectivity index (χ0v) is 30.6. The van der Waals surface area contributed by atoms with E-state index in [2.05, 4.69) is 38.2 Å². The molecule has 0 spiro atoms. The van der Waals surface area contributed by atoms with Crippen LogP contribution in [0.5, 0.6) is 0 Å². The van der Waals surface area contributed by atoms with Gasteiger partial charge < -0.3 is 10.8 Å². The molecule has 0 heterocycles. The first-order valence-corrected chi connectivity index (χ1v) is 17.3. The minimum Gasteiger partial charge on any atom is -0.481 e. The molecule has 0 aromatic carbocycles. The largest absolute Gasteiger partial charge is 0.481 e. The smallest absolute Gasteiger partial charge is 0.303 e. The van der Waals surface area contributed by atoms with Crippen LogP contribution in [0, 0.1) is 0 Å². The Kier molecular flexibility index (Phi) is 44.7. The first kappa shape index (κ1) is 44.5. The fourth-order valence-corrected chi connectivity index (χ4v) is 4.72. The molecule has 238 valence electrons. The molecule has 3 N–H and O–H groups in total. The molecule has 0 rings (SSSR count). The van der Waals surface area contributed by atoms with Crippen molar-refractivity contribution >= 4 is 11.9 Å². The van der Waals surface area contributed by atoms with Gasteiger partial charge in [0.05, 0.1) is 0 Å². The average molecular weight is 629 g/mol. The number of carbonyl (C=O) groups excluding carboxylic acids is 1. The number of carboxylic acid groups (broad SMARTS) is 1. The minimum absolute atomic E-state index is 0. The van der Waals surface area contributed by atoms with Crippen LogP contribution in [-0.2, 0) is 29.1 Å². The van der Waals surface area contributed by atoms with Crippen LogP contribution in [0.15, 0.2) is 24.3 Å². The predicted octanol–water partition coefficient (Wildman–Crippen LogP) is 11.6. The van der Waals surface area contributed by atoms with Gasteiger partial charge in [-0.1, -0.05) is 141 Å².